The van der Waals surface area contributed by atoms with Crippen molar-refractivity contribution < 1.29 is 14.7 Å². The molecule has 3 atom stereocenters. The van der Waals surface area contributed by atoms with Crippen LogP contribution in [-0.2, 0) is 11.2 Å². The van der Waals surface area contributed by atoms with Gasteiger partial charge in [0.2, 0.25) is 5.91 Å². The number of carbonyl (C=O) groups excluding carboxylic acids is 1. The van der Waals surface area contributed by atoms with E-state index in [1.54, 1.807) is 24.3 Å². The number of carboxylic acids is 1. The predicted molar refractivity (Wildman–Crippen MR) is 171 cm³/mol. The van der Waals surface area contributed by atoms with Crippen molar-refractivity contribution in [1.82, 2.24) is 4.90 Å². The van der Waals surface area contributed by atoms with Gasteiger partial charge in [0.25, 0.3) is 0 Å². The first-order valence-corrected chi connectivity index (χ1v) is 15.4. The molecule has 6 nitrogen and oxygen atoms in total. The zero-order valence-corrected chi connectivity index (χ0v) is 25.0. The molecule has 2 aliphatic carbocycles. The number of carbonyl (C=O) groups is 2. The maximum absolute atomic E-state index is 13.5. The normalized spacial score (nSPS) is 20.5. The Hall–Kier alpha value is -4.50. The Morgan fingerprint density at radius 1 is 0.977 bits per heavy atom. The van der Waals surface area contributed by atoms with Crippen molar-refractivity contribution >= 4 is 23.3 Å². The number of benzene rings is 3. The number of para-hydroxylation sites is 1. The largest absolute Gasteiger partial charge is 0.478 e. The first kappa shape index (κ1) is 28.6. The van der Waals surface area contributed by atoms with Crippen LogP contribution in [0.25, 0.3) is 0 Å². The Morgan fingerprint density at radius 3 is 2.40 bits per heavy atom. The van der Waals surface area contributed by atoms with Crippen LogP contribution < -0.4 is 10.6 Å². The van der Waals surface area contributed by atoms with E-state index in [2.05, 4.69) is 78.8 Å². The molecule has 43 heavy (non-hydrogen) atoms. The number of amides is 1. The molecule has 3 aromatic rings. The molecule has 220 valence electrons. The Kier molecular flexibility index (Phi) is 8.24. The number of rotatable bonds is 8. The summed E-state index contributed by atoms with van der Waals surface area (Å²) in [6.45, 7) is 5.14. The minimum absolute atomic E-state index is 0.104. The van der Waals surface area contributed by atoms with Gasteiger partial charge in [-0.25, -0.2) is 4.79 Å². The molecule has 0 spiro atoms. The van der Waals surface area contributed by atoms with Crippen LogP contribution in [-0.4, -0.2) is 34.5 Å². The number of nitrogens with zero attached hydrogens (tertiary/aromatic N) is 1. The molecule has 3 aliphatic rings. The molecule has 0 radical (unpaired) electrons. The van der Waals surface area contributed by atoms with Gasteiger partial charge in [0.15, 0.2) is 0 Å². The molecule has 3 N–H and O–H groups in total. The zero-order chi connectivity index (χ0) is 29.9. The highest BCUT2D eigenvalue weighted by Crippen LogP contribution is 2.50. The molecular formula is C37H39N3O3. The second kappa shape index (κ2) is 12.4. The Labute approximate surface area is 254 Å². The Balaban J connectivity index is 1.17. The molecule has 1 heterocycles. The fourth-order valence-corrected chi connectivity index (χ4v) is 6.05. The molecule has 3 unspecified atom stereocenters. The van der Waals surface area contributed by atoms with E-state index >= 15 is 0 Å². The van der Waals surface area contributed by atoms with Crippen LogP contribution in [0.2, 0.25) is 0 Å². The molecule has 3 fully saturated rings. The van der Waals surface area contributed by atoms with Crippen LogP contribution in [0.5, 0.6) is 0 Å². The highest BCUT2D eigenvalue weighted by atomic mass is 16.4. The number of nitrogens with one attached hydrogen (secondary N) is 2. The van der Waals surface area contributed by atoms with E-state index in [-0.39, 0.29) is 17.5 Å². The van der Waals surface area contributed by atoms with Gasteiger partial charge in [-0.05, 0) is 116 Å². The predicted octanol–water partition coefficient (Wildman–Crippen LogP) is 7.32. The molecule has 0 bridgehead atoms. The molecule has 1 saturated heterocycles. The van der Waals surface area contributed by atoms with Crippen molar-refractivity contribution in [2.24, 2.45) is 5.92 Å². The van der Waals surface area contributed by atoms with Gasteiger partial charge >= 0.3 is 5.97 Å². The van der Waals surface area contributed by atoms with Crippen LogP contribution in [0.15, 0.2) is 78.1 Å². The van der Waals surface area contributed by atoms with Crippen molar-refractivity contribution in [3.8, 4) is 11.8 Å². The average molecular weight is 574 g/mol. The van der Waals surface area contributed by atoms with E-state index in [0.717, 1.165) is 54.0 Å². The third-order valence-electron chi connectivity index (χ3n) is 9.04. The average Bonchev–Trinajstić information content (AvgIpc) is 3.50. The monoisotopic (exact) mass is 573 g/mol. The van der Waals surface area contributed by atoms with Gasteiger partial charge in [0.1, 0.15) is 5.82 Å². The van der Waals surface area contributed by atoms with Crippen LogP contribution >= 0.6 is 0 Å². The molecule has 6 rings (SSSR count). The van der Waals surface area contributed by atoms with Crippen molar-refractivity contribution in [2.45, 2.75) is 70.8 Å². The van der Waals surface area contributed by atoms with Crippen molar-refractivity contribution in [3.05, 3.63) is 106 Å². The van der Waals surface area contributed by atoms with E-state index in [4.69, 9.17) is 5.11 Å². The van der Waals surface area contributed by atoms with Crippen LogP contribution in [0.4, 0.5) is 11.4 Å². The SMILES string of the molecule is Cc1ccccc1NC(Nc1ccc(CC(=O)N2CCCC2C#Cc2ccc(C(=O)O)cc2)cc1C1CC1C)=C1CCC1. The first-order chi connectivity index (χ1) is 20.9. The van der Waals surface area contributed by atoms with E-state index in [1.165, 1.54) is 29.5 Å². The summed E-state index contributed by atoms with van der Waals surface area (Å²) < 4.78 is 0. The number of aromatic carboxylic acids is 1. The van der Waals surface area contributed by atoms with E-state index in [9.17, 15) is 9.59 Å². The summed E-state index contributed by atoms with van der Waals surface area (Å²) in [6, 6.07) is 21.3. The summed E-state index contributed by atoms with van der Waals surface area (Å²) in [4.78, 5) is 26.5. The standard InChI is InChI=1S/C37H39N3O3/c1-24-7-3-4-11-33(24)38-36(28-8-5-9-28)39-34-19-15-27(22-32(34)31-21-25(31)2)23-35(41)40-20-6-10-30(40)18-14-26-12-16-29(17-13-26)37(42)43/h3-4,7,11-13,15-17,19,22,25,30-31,38-39H,5-6,8-10,20-21,23H2,1-2H3,(H,42,43). The number of likely N-dealkylation sites (tertiary alicyclic amines) is 1. The lowest BCUT2D eigenvalue weighted by Gasteiger charge is -2.26. The number of anilines is 2. The van der Waals surface area contributed by atoms with Crippen molar-refractivity contribution in [1.29, 1.82) is 0 Å². The van der Waals surface area contributed by atoms with Gasteiger partial charge in [0.05, 0.1) is 18.0 Å². The fraction of sp³-hybridized carbons (Fsp3) is 0.351. The summed E-state index contributed by atoms with van der Waals surface area (Å²) in [7, 11) is 0. The third kappa shape index (κ3) is 6.62. The van der Waals surface area contributed by atoms with Crippen LogP contribution in [0, 0.1) is 24.7 Å². The fourth-order valence-electron chi connectivity index (χ4n) is 6.05. The maximum Gasteiger partial charge on any atom is 0.335 e. The van der Waals surface area contributed by atoms with Gasteiger partial charge in [-0.3, -0.25) is 4.79 Å². The molecular weight excluding hydrogens is 534 g/mol. The molecule has 2 saturated carbocycles. The number of carboxylic acid groups (broad SMARTS) is 1. The third-order valence-corrected chi connectivity index (χ3v) is 9.04. The topological polar surface area (TPSA) is 81.7 Å². The quantitative estimate of drug-likeness (QED) is 0.246. The highest BCUT2D eigenvalue weighted by Gasteiger charge is 2.36. The minimum atomic E-state index is -0.954. The van der Waals surface area contributed by atoms with E-state index < -0.39 is 5.97 Å². The zero-order valence-electron chi connectivity index (χ0n) is 25.0. The molecule has 0 aromatic heterocycles. The maximum atomic E-state index is 13.5. The summed E-state index contributed by atoms with van der Waals surface area (Å²) in [5.41, 5.74) is 8.21. The van der Waals surface area contributed by atoms with Crippen LogP contribution in [0.1, 0.15) is 84.0 Å². The van der Waals surface area contributed by atoms with Crippen LogP contribution in [0.3, 0.4) is 0 Å². The minimum Gasteiger partial charge on any atom is -0.478 e. The lowest BCUT2D eigenvalue weighted by Crippen LogP contribution is -2.35. The van der Waals surface area contributed by atoms with Gasteiger partial charge in [-0.15, -0.1) is 0 Å². The Bertz CT molecular complexity index is 1620. The van der Waals surface area contributed by atoms with E-state index in [1.807, 2.05) is 4.90 Å². The lowest BCUT2D eigenvalue weighted by molar-refractivity contribution is -0.130. The molecule has 6 heteroatoms. The van der Waals surface area contributed by atoms with E-state index in [0.29, 0.717) is 24.8 Å². The Morgan fingerprint density at radius 2 is 1.72 bits per heavy atom. The number of aryl methyl sites for hydroxylation is 1. The van der Waals surface area contributed by atoms with Crippen molar-refractivity contribution in [3.63, 3.8) is 0 Å². The summed E-state index contributed by atoms with van der Waals surface area (Å²) in [5, 5.41) is 16.6. The van der Waals surface area contributed by atoms with Gasteiger partial charge in [-0.2, -0.15) is 0 Å². The van der Waals surface area contributed by atoms with Gasteiger partial charge in [0, 0.05) is 23.5 Å². The number of allylic oxidation sites excluding steroid dienone is 1. The molecule has 3 aromatic carbocycles. The number of hydrogen-bond acceptors (Lipinski definition) is 4. The number of hydrogen-bond donors (Lipinski definition) is 3. The smallest absolute Gasteiger partial charge is 0.335 e. The summed E-state index contributed by atoms with van der Waals surface area (Å²) in [6.07, 6.45) is 6.75. The second-order valence-electron chi connectivity index (χ2n) is 12.2. The summed E-state index contributed by atoms with van der Waals surface area (Å²) >= 11 is 0. The van der Waals surface area contributed by atoms with Gasteiger partial charge in [-0.1, -0.05) is 49.1 Å². The van der Waals surface area contributed by atoms with Crippen molar-refractivity contribution in [2.75, 3.05) is 17.2 Å². The first-order valence-electron chi connectivity index (χ1n) is 15.4. The molecule has 1 aliphatic heterocycles. The highest BCUT2D eigenvalue weighted by molar-refractivity contribution is 5.87. The van der Waals surface area contributed by atoms with Gasteiger partial charge < -0.3 is 20.6 Å². The lowest BCUT2D eigenvalue weighted by atomic mass is 9.92. The summed E-state index contributed by atoms with van der Waals surface area (Å²) in [5.74, 6) is 7.80. The molecule has 1 amide bonds. The second-order valence-corrected chi connectivity index (χ2v) is 12.2.